The van der Waals surface area contributed by atoms with E-state index < -0.39 is 5.41 Å². The molecule has 2 aromatic rings. The van der Waals surface area contributed by atoms with Crippen molar-refractivity contribution in [3.05, 3.63) is 53.6 Å². The summed E-state index contributed by atoms with van der Waals surface area (Å²) in [4.78, 5) is 25.7. The lowest BCUT2D eigenvalue weighted by molar-refractivity contribution is -0.131. The molecule has 1 fully saturated rings. The third kappa shape index (κ3) is 3.43. The number of rotatable bonds is 6. The highest BCUT2D eigenvalue weighted by atomic mass is 16.5. The molecule has 2 aromatic carbocycles. The number of carbonyl (C=O) groups excluding carboxylic acids is 2. The van der Waals surface area contributed by atoms with Crippen LogP contribution in [-0.2, 0) is 9.59 Å². The summed E-state index contributed by atoms with van der Waals surface area (Å²) < 4.78 is 5.54. The number of benzene rings is 2. The van der Waals surface area contributed by atoms with Gasteiger partial charge in [0.2, 0.25) is 11.8 Å². The standard InChI is InChI=1S/C21H24N2O3/c1-4-26-17-11-6-5-10-16(17)22-19(24)21(12-13-21)20(25)23-18-14(2)8-7-9-15(18)3/h5-11H,4,12-13H2,1-3H3,(H,22,24)(H,23,25). The fourth-order valence-corrected chi connectivity index (χ4v) is 3.02. The number of amides is 2. The minimum absolute atomic E-state index is 0.249. The molecule has 0 aliphatic heterocycles. The highest BCUT2D eigenvalue weighted by Gasteiger charge is 2.56. The fourth-order valence-electron chi connectivity index (χ4n) is 3.02. The molecule has 0 spiro atoms. The van der Waals surface area contributed by atoms with Gasteiger partial charge in [-0.1, -0.05) is 30.3 Å². The van der Waals surface area contributed by atoms with Gasteiger partial charge in [0.25, 0.3) is 0 Å². The van der Waals surface area contributed by atoms with Crippen molar-refractivity contribution in [3.8, 4) is 5.75 Å². The van der Waals surface area contributed by atoms with E-state index in [0.29, 0.717) is 30.9 Å². The molecule has 0 radical (unpaired) electrons. The summed E-state index contributed by atoms with van der Waals surface area (Å²) in [6.45, 7) is 6.28. The predicted octanol–water partition coefficient (Wildman–Crippen LogP) is 4.06. The predicted molar refractivity (Wildman–Crippen MR) is 102 cm³/mol. The molecular weight excluding hydrogens is 328 g/mol. The summed E-state index contributed by atoms with van der Waals surface area (Å²) in [5, 5.41) is 5.83. The highest BCUT2D eigenvalue weighted by Crippen LogP contribution is 2.48. The van der Waals surface area contributed by atoms with Gasteiger partial charge in [0, 0.05) is 5.69 Å². The smallest absolute Gasteiger partial charge is 0.240 e. The second-order valence-electron chi connectivity index (χ2n) is 6.69. The Hall–Kier alpha value is -2.82. The Labute approximate surface area is 153 Å². The maximum absolute atomic E-state index is 12.8. The van der Waals surface area contributed by atoms with Crippen LogP contribution >= 0.6 is 0 Å². The summed E-state index contributed by atoms with van der Waals surface area (Å²) in [7, 11) is 0. The van der Waals surface area contributed by atoms with Crippen molar-refractivity contribution in [1.29, 1.82) is 0 Å². The van der Waals surface area contributed by atoms with Crippen LogP contribution in [0.4, 0.5) is 11.4 Å². The summed E-state index contributed by atoms with van der Waals surface area (Å²) in [5.41, 5.74) is 2.33. The Morgan fingerprint density at radius 2 is 1.58 bits per heavy atom. The second kappa shape index (κ2) is 7.20. The number of ether oxygens (including phenoxy) is 1. The largest absolute Gasteiger partial charge is 0.492 e. The molecule has 2 amide bonds. The Morgan fingerprint density at radius 1 is 0.962 bits per heavy atom. The zero-order chi connectivity index (χ0) is 18.7. The monoisotopic (exact) mass is 352 g/mol. The Morgan fingerprint density at radius 3 is 2.19 bits per heavy atom. The van der Waals surface area contributed by atoms with E-state index in [1.165, 1.54) is 0 Å². The lowest BCUT2D eigenvalue weighted by Crippen LogP contribution is -2.36. The molecule has 0 heterocycles. The van der Waals surface area contributed by atoms with Crippen LogP contribution in [0.25, 0.3) is 0 Å². The molecule has 1 saturated carbocycles. The minimum Gasteiger partial charge on any atom is -0.492 e. The van der Waals surface area contributed by atoms with Gasteiger partial charge in [0.05, 0.1) is 12.3 Å². The topological polar surface area (TPSA) is 67.4 Å². The van der Waals surface area contributed by atoms with Crippen LogP contribution < -0.4 is 15.4 Å². The summed E-state index contributed by atoms with van der Waals surface area (Å²) in [5.74, 6) is 0.0731. The molecule has 1 aliphatic rings. The first-order chi connectivity index (χ1) is 12.5. The lowest BCUT2D eigenvalue weighted by atomic mass is 10.0. The first-order valence-corrected chi connectivity index (χ1v) is 8.89. The van der Waals surface area contributed by atoms with E-state index in [-0.39, 0.29) is 11.8 Å². The molecule has 1 aliphatic carbocycles. The third-order valence-corrected chi connectivity index (χ3v) is 4.77. The van der Waals surface area contributed by atoms with Gasteiger partial charge in [0.15, 0.2) is 0 Å². The van der Waals surface area contributed by atoms with Crippen molar-refractivity contribution in [2.45, 2.75) is 33.6 Å². The van der Waals surface area contributed by atoms with E-state index >= 15 is 0 Å². The van der Waals surface area contributed by atoms with Gasteiger partial charge in [-0.3, -0.25) is 9.59 Å². The number of hydrogen-bond acceptors (Lipinski definition) is 3. The second-order valence-corrected chi connectivity index (χ2v) is 6.69. The van der Waals surface area contributed by atoms with Crippen molar-refractivity contribution in [1.82, 2.24) is 0 Å². The summed E-state index contributed by atoms with van der Waals surface area (Å²) >= 11 is 0. The number of anilines is 2. The van der Waals surface area contributed by atoms with E-state index in [0.717, 1.165) is 16.8 Å². The average Bonchev–Trinajstić information content (AvgIpc) is 3.42. The molecule has 0 atom stereocenters. The van der Waals surface area contributed by atoms with Crippen LogP contribution in [0.5, 0.6) is 5.75 Å². The SMILES string of the molecule is CCOc1ccccc1NC(=O)C1(C(=O)Nc2c(C)cccc2C)CC1. The molecule has 0 bridgehead atoms. The van der Waals surface area contributed by atoms with Crippen molar-refractivity contribution in [2.24, 2.45) is 5.41 Å². The fraction of sp³-hybridized carbons (Fsp3) is 0.333. The number of nitrogens with one attached hydrogen (secondary N) is 2. The number of hydrogen-bond donors (Lipinski definition) is 2. The molecule has 0 unspecified atom stereocenters. The molecule has 5 heteroatoms. The maximum atomic E-state index is 12.8. The van der Waals surface area contributed by atoms with Crippen molar-refractivity contribution in [2.75, 3.05) is 17.2 Å². The third-order valence-electron chi connectivity index (χ3n) is 4.77. The van der Waals surface area contributed by atoms with Gasteiger partial charge in [-0.25, -0.2) is 0 Å². The zero-order valence-corrected chi connectivity index (χ0v) is 15.4. The van der Waals surface area contributed by atoms with Gasteiger partial charge < -0.3 is 15.4 Å². The van der Waals surface area contributed by atoms with Crippen LogP contribution in [0.1, 0.15) is 30.9 Å². The van der Waals surface area contributed by atoms with Crippen LogP contribution in [0.15, 0.2) is 42.5 Å². The molecule has 5 nitrogen and oxygen atoms in total. The van der Waals surface area contributed by atoms with Crippen LogP contribution in [0.2, 0.25) is 0 Å². The normalized spacial score (nSPS) is 14.4. The maximum Gasteiger partial charge on any atom is 0.240 e. The van der Waals surface area contributed by atoms with Crippen molar-refractivity contribution in [3.63, 3.8) is 0 Å². The van der Waals surface area contributed by atoms with E-state index in [9.17, 15) is 9.59 Å². The van der Waals surface area contributed by atoms with Crippen LogP contribution in [0.3, 0.4) is 0 Å². The Bertz CT molecular complexity index is 821. The van der Waals surface area contributed by atoms with Gasteiger partial charge in [0.1, 0.15) is 11.2 Å². The van der Waals surface area contributed by atoms with Gasteiger partial charge >= 0.3 is 0 Å². The Kier molecular flexibility index (Phi) is 4.98. The molecule has 0 aromatic heterocycles. The molecule has 136 valence electrons. The minimum atomic E-state index is -1.01. The first kappa shape index (κ1) is 18.0. The highest BCUT2D eigenvalue weighted by molar-refractivity contribution is 6.17. The van der Waals surface area contributed by atoms with Gasteiger partial charge in [-0.15, -0.1) is 0 Å². The quantitative estimate of drug-likeness (QED) is 0.771. The molecule has 0 saturated heterocycles. The zero-order valence-electron chi connectivity index (χ0n) is 15.4. The van der Waals surface area contributed by atoms with E-state index in [1.54, 1.807) is 12.1 Å². The summed E-state index contributed by atoms with van der Waals surface area (Å²) in [6, 6.07) is 13.1. The van der Waals surface area contributed by atoms with E-state index in [4.69, 9.17) is 4.74 Å². The number of aryl methyl sites for hydroxylation is 2. The molecule has 2 N–H and O–H groups in total. The van der Waals surface area contributed by atoms with E-state index in [2.05, 4.69) is 10.6 Å². The van der Waals surface area contributed by atoms with E-state index in [1.807, 2.05) is 51.1 Å². The number of carbonyl (C=O) groups is 2. The van der Waals surface area contributed by atoms with Crippen LogP contribution in [0, 0.1) is 19.3 Å². The summed E-state index contributed by atoms with van der Waals surface area (Å²) in [6.07, 6.45) is 1.10. The Balaban J connectivity index is 1.76. The number of para-hydroxylation sites is 3. The van der Waals surface area contributed by atoms with Gasteiger partial charge in [-0.05, 0) is 56.9 Å². The molecular formula is C21H24N2O3. The first-order valence-electron chi connectivity index (χ1n) is 8.89. The van der Waals surface area contributed by atoms with Gasteiger partial charge in [-0.2, -0.15) is 0 Å². The molecule has 26 heavy (non-hydrogen) atoms. The average molecular weight is 352 g/mol. The van der Waals surface area contributed by atoms with Crippen molar-refractivity contribution < 1.29 is 14.3 Å². The molecule has 3 rings (SSSR count). The lowest BCUT2D eigenvalue weighted by Gasteiger charge is -2.18. The van der Waals surface area contributed by atoms with Crippen LogP contribution in [-0.4, -0.2) is 18.4 Å². The van der Waals surface area contributed by atoms with Crippen molar-refractivity contribution >= 4 is 23.2 Å².